The number of benzene rings is 2. The van der Waals surface area contributed by atoms with Crippen LogP contribution >= 0.6 is 22.7 Å². The van der Waals surface area contributed by atoms with E-state index in [2.05, 4.69) is 46.1 Å². The van der Waals surface area contributed by atoms with Crippen molar-refractivity contribution in [2.75, 3.05) is 0 Å². The van der Waals surface area contributed by atoms with Crippen molar-refractivity contribution in [3.8, 4) is 12.1 Å². The SMILES string of the molecule is [C-]#[N+]/C(C#N)=C1\C(=C\c2cc3c(s2)C2=CC4C=C5C(=CC4C=C2C32CCCCC2)c2sc(/C=C3\C(=O)c4cc(F)c(F)cc4\C3=C(\C#N)[N+]#[C-])cc2C52CCCCC2)C(=O)c2cc(F)c(F)cc21. The smallest absolute Gasteiger partial charge is 0.270 e. The third-order valence-corrected chi connectivity index (χ3v) is 17.8. The van der Waals surface area contributed by atoms with E-state index in [4.69, 9.17) is 13.1 Å². The molecule has 0 aliphatic heterocycles. The molecule has 2 fully saturated rings. The second kappa shape index (κ2) is 15.1. The molecule has 2 heterocycles. The summed E-state index contributed by atoms with van der Waals surface area (Å²) in [6.07, 6.45) is 23.3. The fourth-order valence-electron chi connectivity index (χ4n) is 12.7. The van der Waals surface area contributed by atoms with Crippen molar-refractivity contribution < 1.29 is 27.2 Å². The van der Waals surface area contributed by atoms with Crippen LogP contribution in [-0.2, 0) is 10.8 Å². The lowest BCUT2D eigenvalue weighted by atomic mass is 9.63. The average Bonchev–Trinajstić information content (AvgIpc) is 4.17. The Morgan fingerprint density at radius 2 is 0.941 bits per heavy atom. The Morgan fingerprint density at radius 3 is 1.29 bits per heavy atom. The summed E-state index contributed by atoms with van der Waals surface area (Å²) in [7, 11) is 0. The van der Waals surface area contributed by atoms with Crippen LogP contribution in [0.5, 0.6) is 0 Å². The maximum atomic E-state index is 14.6. The zero-order chi connectivity index (χ0) is 47.0. The summed E-state index contributed by atoms with van der Waals surface area (Å²) in [5, 5.41) is 19.9. The van der Waals surface area contributed by atoms with Gasteiger partial charge < -0.3 is 0 Å². The van der Waals surface area contributed by atoms with Crippen LogP contribution in [0.15, 0.2) is 94.4 Å². The van der Waals surface area contributed by atoms with Crippen LogP contribution in [0.3, 0.4) is 0 Å². The number of ketones is 2. The molecule has 8 aliphatic carbocycles. The van der Waals surface area contributed by atoms with Crippen LogP contribution < -0.4 is 0 Å². The molecule has 4 aromatic rings. The Balaban J connectivity index is 0.959. The van der Waals surface area contributed by atoms with Gasteiger partial charge in [-0.2, -0.15) is 0 Å². The molecule has 0 bridgehead atoms. The van der Waals surface area contributed by atoms with Gasteiger partial charge in [0, 0.05) is 75.6 Å². The highest BCUT2D eigenvalue weighted by Gasteiger charge is 2.52. The number of hydrogen-bond donors (Lipinski definition) is 0. The first-order valence-corrected chi connectivity index (χ1v) is 24.3. The summed E-state index contributed by atoms with van der Waals surface area (Å²) in [6.45, 7) is 15.4. The minimum Gasteiger partial charge on any atom is -0.289 e. The third kappa shape index (κ3) is 5.75. The van der Waals surface area contributed by atoms with Gasteiger partial charge in [0.25, 0.3) is 11.4 Å². The Kier molecular flexibility index (Phi) is 9.39. The molecular weight excluding hydrogens is 901 g/mol. The summed E-state index contributed by atoms with van der Waals surface area (Å²) in [4.78, 5) is 38.3. The fourth-order valence-corrected chi connectivity index (χ4v) is 15.2. The fraction of sp³-hybridized carbons (Fsp3) is 0.250. The van der Waals surface area contributed by atoms with Gasteiger partial charge in [0.15, 0.2) is 34.8 Å². The molecule has 2 aromatic heterocycles. The molecule has 0 N–H and O–H groups in total. The zero-order valence-electron chi connectivity index (χ0n) is 36.1. The number of Topliss-reactive ketones (excluding diaryl/α,β-unsaturated/α-hetero) is 2. The van der Waals surface area contributed by atoms with E-state index >= 15 is 0 Å². The second-order valence-electron chi connectivity index (χ2n) is 18.8. The van der Waals surface area contributed by atoms with Gasteiger partial charge in [0.1, 0.15) is 0 Å². The minimum atomic E-state index is -1.18. The largest absolute Gasteiger partial charge is 0.289 e. The van der Waals surface area contributed by atoms with Gasteiger partial charge in [-0.1, -0.05) is 62.8 Å². The van der Waals surface area contributed by atoms with Gasteiger partial charge >= 0.3 is 0 Å². The van der Waals surface area contributed by atoms with E-state index in [1.165, 1.54) is 33.4 Å². The number of nitriles is 2. The van der Waals surface area contributed by atoms with Crippen LogP contribution in [0.4, 0.5) is 17.6 Å². The lowest BCUT2D eigenvalue weighted by molar-refractivity contribution is 0.103. The summed E-state index contributed by atoms with van der Waals surface area (Å²) >= 11 is 3.12. The van der Waals surface area contributed by atoms with E-state index in [1.807, 2.05) is 12.1 Å². The van der Waals surface area contributed by atoms with Crippen LogP contribution in [0, 0.1) is 70.9 Å². The number of rotatable bonds is 2. The minimum absolute atomic E-state index is 0.0188. The highest BCUT2D eigenvalue weighted by molar-refractivity contribution is 7.14. The number of allylic oxidation sites excluding steroid dienone is 14. The Morgan fingerprint density at radius 1 is 0.574 bits per heavy atom. The van der Waals surface area contributed by atoms with Crippen LogP contribution in [0.25, 0.3) is 44.1 Å². The quantitative estimate of drug-likeness (QED) is 0.0866. The van der Waals surface area contributed by atoms with Crippen molar-refractivity contribution in [2.24, 2.45) is 11.8 Å². The van der Waals surface area contributed by atoms with E-state index < -0.39 is 34.8 Å². The maximum Gasteiger partial charge on any atom is 0.270 e. The van der Waals surface area contributed by atoms with Crippen molar-refractivity contribution in [1.29, 1.82) is 10.5 Å². The van der Waals surface area contributed by atoms with Gasteiger partial charge in [-0.3, -0.25) is 9.59 Å². The number of carbonyl (C=O) groups is 2. The molecule has 68 heavy (non-hydrogen) atoms. The normalized spacial score (nSPS) is 24.6. The third-order valence-electron chi connectivity index (χ3n) is 15.6. The standard InChI is InChI=1S/C56H34F4N4O2S2/c1-63-47(25-61)49-31-21-43(57)45(59)23-33(31)51(65)37(49)17-29-19-41-53(67-29)35-13-27-16-40-36(14-28(27)15-39(35)55(41)9-5-3-6-10-55)54-42(56(40)11-7-4-8-12-56)20-30(68-54)18-38-50(48(26-62)64-2)32-22-44(58)46(60)24-34(32)52(38)66/h13-24,27-28H,3-12H2/b37-17-,38-18-,49-47-,50-48+. The molecule has 2 aromatic carbocycles. The Bertz CT molecular complexity index is 3300. The lowest BCUT2D eigenvalue weighted by Crippen LogP contribution is -2.31. The van der Waals surface area contributed by atoms with Crippen molar-refractivity contribution in [3.63, 3.8) is 0 Å². The first-order valence-electron chi connectivity index (χ1n) is 22.7. The molecule has 2 saturated carbocycles. The maximum absolute atomic E-state index is 14.6. The van der Waals surface area contributed by atoms with E-state index in [-0.39, 0.29) is 78.6 Å². The summed E-state index contributed by atoms with van der Waals surface area (Å²) in [5.41, 5.74) is 6.26. The van der Waals surface area contributed by atoms with Crippen molar-refractivity contribution >= 4 is 68.7 Å². The summed E-state index contributed by atoms with van der Waals surface area (Å²) in [6, 6.07) is 11.5. The van der Waals surface area contributed by atoms with Gasteiger partial charge in [-0.15, -0.1) is 22.7 Å². The molecule has 0 saturated heterocycles. The molecule has 12 heteroatoms. The summed E-state index contributed by atoms with van der Waals surface area (Å²) < 4.78 is 58.1. The number of carbonyl (C=O) groups excluding carboxylic acids is 2. The molecule has 0 amide bonds. The molecule has 0 radical (unpaired) electrons. The zero-order valence-corrected chi connectivity index (χ0v) is 37.7. The number of nitrogens with zero attached hydrogens (tertiary/aromatic N) is 4. The van der Waals surface area contributed by atoms with Gasteiger partial charge in [-0.25, -0.2) is 37.8 Å². The second-order valence-corrected chi connectivity index (χ2v) is 21.0. The van der Waals surface area contributed by atoms with Crippen molar-refractivity contribution in [2.45, 2.75) is 75.0 Å². The molecule has 8 aliphatic rings. The highest BCUT2D eigenvalue weighted by atomic mass is 32.1. The first-order chi connectivity index (χ1) is 32.9. The predicted octanol–water partition coefficient (Wildman–Crippen LogP) is 14.2. The van der Waals surface area contributed by atoms with Crippen molar-refractivity contribution in [3.05, 3.63) is 193 Å². The molecule has 12 rings (SSSR count). The average molecular weight is 935 g/mol. The lowest BCUT2D eigenvalue weighted by Gasteiger charge is -2.40. The van der Waals surface area contributed by atoms with E-state index in [0.717, 1.165) is 108 Å². The van der Waals surface area contributed by atoms with Crippen LogP contribution in [0.1, 0.15) is 127 Å². The van der Waals surface area contributed by atoms with Gasteiger partial charge in [0.2, 0.25) is 0 Å². The van der Waals surface area contributed by atoms with Crippen molar-refractivity contribution in [1.82, 2.24) is 0 Å². The van der Waals surface area contributed by atoms with E-state index in [1.54, 1.807) is 34.8 Å². The monoisotopic (exact) mass is 934 g/mol. The molecule has 2 spiro atoms. The molecule has 330 valence electrons. The number of thiophene rings is 2. The summed E-state index contributed by atoms with van der Waals surface area (Å²) in [5.74, 6) is -5.69. The Labute approximate surface area is 396 Å². The Hall–Kier alpha value is -7.22. The molecular formula is C56H34F4N4O2S2. The van der Waals surface area contributed by atoms with Gasteiger partial charge in [-0.05, 0) is 119 Å². The number of hydrogen-bond acceptors (Lipinski definition) is 6. The molecule has 2 unspecified atom stereocenters. The highest BCUT2D eigenvalue weighted by Crippen LogP contribution is 2.65. The van der Waals surface area contributed by atoms with E-state index in [9.17, 15) is 37.7 Å². The first kappa shape index (κ1) is 42.2. The van der Waals surface area contributed by atoms with Gasteiger partial charge in [0.05, 0.1) is 25.3 Å². The van der Waals surface area contributed by atoms with Crippen LogP contribution in [-0.4, -0.2) is 11.6 Å². The predicted molar refractivity (Wildman–Crippen MR) is 253 cm³/mol. The number of fused-ring (bicyclic) bond motifs is 13. The number of halogens is 4. The molecule has 2 atom stereocenters. The van der Waals surface area contributed by atoms with Crippen LogP contribution in [0.2, 0.25) is 0 Å². The molecule has 6 nitrogen and oxygen atoms in total. The topological polar surface area (TPSA) is 90.4 Å². The van der Waals surface area contributed by atoms with E-state index in [0.29, 0.717) is 0 Å².